The Morgan fingerprint density at radius 1 is 1.41 bits per heavy atom. The molecule has 0 saturated carbocycles. The van der Waals surface area contributed by atoms with Crippen molar-refractivity contribution >= 4 is 0 Å². The van der Waals surface area contributed by atoms with E-state index < -0.39 is 0 Å². The molecule has 0 aliphatic carbocycles. The third-order valence-electron chi connectivity index (χ3n) is 2.64. The van der Waals surface area contributed by atoms with E-state index >= 15 is 0 Å². The minimum Gasteiger partial charge on any atom is -0.466 e. The van der Waals surface area contributed by atoms with Gasteiger partial charge in [0.05, 0.1) is 18.4 Å². The Hall–Kier alpha value is -1.55. The molecule has 0 amide bonds. The predicted octanol–water partition coefficient (Wildman–Crippen LogP) is 2.78. The Morgan fingerprint density at radius 3 is 2.76 bits per heavy atom. The number of imidazole rings is 1. The number of nitrogens with one attached hydrogen (secondary N) is 2. The molecule has 17 heavy (non-hydrogen) atoms. The minimum absolute atomic E-state index is 0.460. The largest absolute Gasteiger partial charge is 0.466 e. The van der Waals surface area contributed by atoms with Crippen LogP contribution in [0.5, 0.6) is 0 Å². The quantitative estimate of drug-likeness (QED) is 0.853. The molecular formula is C13H19N3O. The third kappa shape index (κ3) is 2.77. The van der Waals surface area contributed by atoms with Crippen LogP contribution in [0.15, 0.2) is 16.7 Å². The van der Waals surface area contributed by atoms with E-state index in [0.717, 1.165) is 35.1 Å². The number of nitrogens with zero attached hydrogens (tertiary/aromatic N) is 1. The maximum absolute atomic E-state index is 5.51. The van der Waals surface area contributed by atoms with Gasteiger partial charge in [0.15, 0.2) is 0 Å². The van der Waals surface area contributed by atoms with Gasteiger partial charge in [-0.25, -0.2) is 4.98 Å². The summed E-state index contributed by atoms with van der Waals surface area (Å²) in [6.07, 6.45) is 1.86. The summed E-state index contributed by atoms with van der Waals surface area (Å²) in [5.74, 6) is 2.80. The third-order valence-corrected chi connectivity index (χ3v) is 2.64. The lowest BCUT2D eigenvalue weighted by Gasteiger charge is -2.04. The average molecular weight is 233 g/mol. The topological polar surface area (TPSA) is 53.9 Å². The molecule has 2 rings (SSSR count). The Bertz CT molecular complexity index is 496. The highest BCUT2D eigenvalue weighted by atomic mass is 16.3. The zero-order valence-corrected chi connectivity index (χ0v) is 10.8. The molecule has 2 aromatic rings. The lowest BCUT2D eigenvalue weighted by Crippen LogP contribution is -2.22. The molecule has 0 fully saturated rings. The first-order valence-electron chi connectivity index (χ1n) is 5.91. The highest BCUT2D eigenvalue weighted by Gasteiger charge is 2.10. The normalized spacial score (nSPS) is 11.4. The molecule has 0 aliphatic heterocycles. The molecule has 92 valence electrons. The number of furan rings is 1. The van der Waals surface area contributed by atoms with E-state index in [2.05, 4.69) is 29.1 Å². The lowest BCUT2D eigenvalue weighted by atomic mass is 10.2. The van der Waals surface area contributed by atoms with Crippen molar-refractivity contribution in [2.24, 2.45) is 0 Å². The van der Waals surface area contributed by atoms with Gasteiger partial charge >= 0.3 is 0 Å². The van der Waals surface area contributed by atoms with Crippen LogP contribution in [0.3, 0.4) is 0 Å². The number of hydrogen-bond donors (Lipinski definition) is 2. The second-order valence-corrected chi connectivity index (χ2v) is 4.61. The van der Waals surface area contributed by atoms with Gasteiger partial charge in [0, 0.05) is 11.6 Å². The molecule has 0 aromatic carbocycles. The average Bonchev–Trinajstić information content (AvgIpc) is 2.82. The summed E-state index contributed by atoms with van der Waals surface area (Å²) in [7, 11) is 0. The van der Waals surface area contributed by atoms with Crippen LogP contribution in [-0.2, 0) is 6.54 Å². The summed E-state index contributed by atoms with van der Waals surface area (Å²) in [5.41, 5.74) is 2.10. The van der Waals surface area contributed by atoms with Gasteiger partial charge in [0.1, 0.15) is 17.3 Å². The first kappa shape index (κ1) is 11.9. The second-order valence-electron chi connectivity index (χ2n) is 4.61. The van der Waals surface area contributed by atoms with Crippen molar-refractivity contribution in [3.8, 4) is 11.3 Å². The smallest absolute Gasteiger partial charge is 0.120 e. The maximum Gasteiger partial charge on any atom is 0.120 e. The van der Waals surface area contributed by atoms with Crippen LogP contribution in [0.1, 0.15) is 31.2 Å². The fourth-order valence-corrected chi connectivity index (χ4v) is 1.79. The van der Waals surface area contributed by atoms with Crippen LogP contribution in [0.4, 0.5) is 0 Å². The molecule has 0 unspecified atom stereocenters. The zero-order chi connectivity index (χ0) is 12.4. The summed E-state index contributed by atoms with van der Waals surface area (Å²) in [6, 6.07) is 2.49. The fourth-order valence-electron chi connectivity index (χ4n) is 1.79. The summed E-state index contributed by atoms with van der Waals surface area (Å²) in [5, 5.41) is 3.33. The van der Waals surface area contributed by atoms with Crippen LogP contribution in [0.2, 0.25) is 0 Å². The fraction of sp³-hybridized carbons (Fsp3) is 0.462. The highest BCUT2D eigenvalue weighted by molar-refractivity contribution is 5.61. The zero-order valence-electron chi connectivity index (χ0n) is 10.8. The van der Waals surface area contributed by atoms with Crippen molar-refractivity contribution in [3.05, 3.63) is 29.6 Å². The molecular weight excluding hydrogens is 214 g/mol. The molecule has 4 heteroatoms. The summed E-state index contributed by atoms with van der Waals surface area (Å²) in [6.45, 7) is 8.91. The Labute approximate surface area is 101 Å². The monoisotopic (exact) mass is 233 g/mol. The van der Waals surface area contributed by atoms with E-state index in [1.54, 1.807) is 0 Å². The number of aromatic amines is 1. The number of aromatic nitrogens is 2. The van der Waals surface area contributed by atoms with Gasteiger partial charge in [-0.1, -0.05) is 13.8 Å². The van der Waals surface area contributed by atoms with Gasteiger partial charge in [0.2, 0.25) is 0 Å². The van der Waals surface area contributed by atoms with E-state index in [1.165, 1.54) is 0 Å². The van der Waals surface area contributed by atoms with Crippen molar-refractivity contribution in [1.29, 1.82) is 0 Å². The van der Waals surface area contributed by atoms with Crippen molar-refractivity contribution < 1.29 is 4.42 Å². The van der Waals surface area contributed by atoms with E-state index in [-0.39, 0.29) is 0 Å². The first-order valence-corrected chi connectivity index (χ1v) is 5.91. The van der Waals surface area contributed by atoms with Crippen LogP contribution in [0.25, 0.3) is 11.3 Å². The van der Waals surface area contributed by atoms with Crippen molar-refractivity contribution in [3.63, 3.8) is 0 Å². The van der Waals surface area contributed by atoms with Crippen LogP contribution in [0, 0.1) is 13.8 Å². The molecule has 2 aromatic heterocycles. The summed E-state index contributed by atoms with van der Waals surface area (Å²) in [4.78, 5) is 7.66. The first-order chi connectivity index (χ1) is 8.06. The number of hydrogen-bond acceptors (Lipinski definition) is 3. The molecule has 4 nitrogen and oxygen atoms in total. The summed E-state index contributed by atoms with van der Waals surface area (Å²) < 4.78 is 5.51. The van der Waals surface area contributed by atoms with Gasteiger partial charge < -0.3 is 14.7 Å². The SMILES string of the molecule is Cc1cc(-c2cnc(CNC(C)C)[nH]2)c(C)o1. The van der Waals surface area contributed by atoms with Crippen LogP contribution >= 0.6 is 0 Å². The molecule has 0 radical (unpaired) electrons. The number of rotatable bonds is 4. The molecule has 0 saturated heterocycles. The molecule has 0 spiro atoms. The van der Waals surface area contributed by atoms with Crippen molar-refractivity contribution in [2.75, 3.05) is 0 Å². The van der Waals surface area contributed by atoms with E-state index in [4.69, 9.17) is 4.42 Å². The van der Waals surface area contributed by atoms with Crippen molar-refractivity contribution in [2.45, 2.75) is 40.3 Å². The summed E-state index contributed by atoms with van der Waals surface area (Å²) >= 11 is 0. The molecule has 0 bridgehead atoms. The van der Waals surface area contributed by atoms with Gasteiger partial charge in [-0.05, 0) is 19.9 Å². The molecule has 2 N–H and O–H groups in total. The van der Waals surface area contributed by atoms with E-state index in [1.807, 2.05) is 26.1 Å². The standard InChI is InChI=1S/C13H19N3O/c1-8(2)14-7-13-15-6-12(16-13)11-5-9(3)17-10(11)4/h5-6,8,14H,7H2,1-4H3,(H,15,16). The highest BCUT2D eigenvalue weighted by Crippen LogP contribution is 2.24. The molecule has 0 aliphatic rings. The Kier molecular flexibility index (Phi) is 3.33. The predicted molar refractivity (Wildman–Crippen MR) is 67.7 cm³/mol. The van der Waals surface area contributed by atoms with Gasteiger partial charge in [-0.3, -0.25) is 0 Å². The van der Waals surface area contributed by atoms with Crippen molar-refractivity contribution in [1.82, 2.24) is 15.3 Å². The minimum atomic E-state index is 0.460. The Balaban J connectivity index is 2.15. The Morgan fingerprint density at radius 2 is 2.18 bits per heavy atom. The van der Waals surface area contributed by atoms with E-state index in [9.17, 15) is 0 Å². The van der Waals surface area contributed by atoms with Crippen LogP contribution < -0.4 is 5.32 Å². The molecule has 0 atom stereocenters. The van der Waals surface area contributed by atoms with Gasteiger partial charge in [-0.15, -0.1) is 0 Å². The van der Waals surface area contributed by atoms with Gasteiger partial charge in [-0.2, -0.15) is 0 Å². The van der Waals surface area contributed by atoms with Crippen LogP contribution in [-0.4, -0.2) is 16.0 Å². The number of H-pyrrole nitrogens is 1. The van der Waals surface area contributed by atoms with E-state index in [0.29, 0.717) is 6.04 Å². The number of aryl methyl sites for hydroxylation is 2. The second kappa shape index (κ2) is 4.75. The maximum atomic E-state index is 5.51. The van der Waals surface area contributed by atoms with Gasteiger partial charge in [0.25, 0.3) is 0 Å². The molecule has 2 heterocycles. The lowest BCUT2D eigenvalue weighted by molar-refractivity contribution is 0.505.